The molecule has 24 heavy (non-hydrogen) atoms. The zero-order chi connectivity index (χ0) is 17.5. The Kier molecular flexibility index (Phi) is 11.4. The van der Waals surface area contributed by atoms with Crippen LogP contribution in [0.15, 0.2) is 30.3 Å². The van der Waals surface area contributed by atoms with Gasteiger partial charge < -0.3 is 9.47 Å². The highest BCUT2D eigenvalue weighted by Gasteiger charge is 2.05. The van der Waals surface area contributed by atoms with Crippen LogP contribution in [0, 0.1) is 0 Å². The minimum Gasteiger partial charge on any atom is -0.466 e. The Hall–Kier alpha value is -1.84. The lowest BCUT2D eigenvalue weighted by Gasteiger charge is -2.06. The molecule has 0 aliphatic heterocycles. The average molecular weight is 334 g/mol. The highest BCUT2D eigenvalue weighted by molar-refractivity contribution is 5.69. The molecule has 1 aromatic carbocycles. The van der Waals surface area contributed by atoms with E-state index in [0.717, 1.165) is 44.9 Å². The van der Waals surface area contributed by atoms with Crippen LogP contribution in [-0.4, -0.2) is 25.2 Å². The quantitative estimate of drug-likeness (QED) is 0.395. The normalized spacial score (nSPS) is 10.4. The highest BCUT2D eigenvalue weighted by Crippen LogP contribution is 2.07. The molecule has 0 aromatic heterocycles. The summed E-state index contributed by atoms with van der Waals surface area (Å²) in [5, 5.41) is 0. The molecule has 0 atom stereocenters. The molecule has 134 valence electrons. The molecule has 0 amide bonds. The van der Waals surface area contributed by atoms with Crippen molar-refractivity contribution in [3.05, 3.63) is 35.9 Å². The Bertz CT molecular complexity index is 456. The van der Waals surface area contributed by atoms with Crippen molar-refractivity contribution >= 4 is 11.9 Å². The third-order valence-corrected chi connectivity index (χ3v) is 3.74. The van der Waals surface area contributed by atoms with Gasteiger partial charge in [0.15, 0.2) is 0 Å². The van der Waals surface area contributed by atoms with E-state index in [1.54, 1.807) is 0 Å². The van der Waals surface area contributed by atoms with Gasteiger partial charge in [-0.3, -0.25) is 9.59 Å². The lowest BCUT2D eigenvalue weighted by molar-refractivity contribution is -0.144. The molecular weight excluding hydrogens is 304 g/mol. The van der Waals surface area contributed by atoms with Crippen LogP contribution in [0.25, 0.3) is 0 Å². The number of aryl methyl sites for hydroxylation is 1. The zero-order valence-corrected chi connectivity index (χ0v) is 14.8. The molecule has 0 radical (unpaired) electrons. The third kappa shape index (κ3) is 10.8. The van der Waals surface area contributed by atoms with Crippen molar-refractivity contribution in [3.63, 3.8) is 0 Å². The molecule has 0 N–H and O–H groups in total. The second kappa shape index (κ2) is 13.6. The Morgan fingerprint density at radius 1 is 0.792 bits per heavy atom. The number of rotatable bonds is 13. The SMILES string of the molecule is CCCCOC(=O)CCCCCC(=O)OCCCc1ccccc1. The minimum absolute atomic E-state index is 0.132. The predicted octanol–water partition coefficient (Wildman–Crippen LogP) is 4.46. The van der Waals surface area contributed by atoms with E-state index in [1.807, 2.05) is 18.2 Å². The van der Waals surface area contributed by atoms with Crippen LogP contribution >= 0.6 is 0 Å². The molecule has 4 heteroatoms. The summed E-state index contributed by atoms with van der Waals surface area (Å²) in [4.78, 5) is 23.0. The smallest absolute Gasteiger partial charge is 0.305 e. The fourth-order valence-corrected chi connectivity index (χ4v) is 2.30. The Morgan fingerprint density at radius 3 is 1.96 bits per heavy atom. The number of unbranched alkanes of at least 4 members (excludes halogenated alkanes) is 3. The van der Waals surface area contributed by atoms with Gasteiger partial charge in [0.25, 0.3) is 0 Å². The zero-order valence-electron chi connectivity index (χ0n) is 14.8. The van der Waals surface area contributed by atoms with E-state index in [9.17, 15) is 9.59 Å². The van der Waals surface area contributed by atoms with Crippen LogP contribution in [0.2, 0.25) is 0 Å². The average Bonchev–Trinajstić information content (AvgIpc) is 2.59. The first-order chi connectivity index (χ1) is 11.7. The van der Waals surface area contributed by atoms with E-state index in [4.69, 9.17) is 9.47 Å². The van der Waals surface area contributed by atoms with E-state index in [-0.39, 0.29) is 11.9 Å². The maximum Gasteiger partial charge on any atom is 0.305 e. The first-order valence-corrected chi connectivity index (χ1v) is 9.07. The number of esters is 2. The van der Waals surface area contributed by atoms with Gasteiger partial charge in [0.1, 0.15) is 0 Å². The summed E-state index contributed by atoms with van der Waals surface area (Å²) >= 11 is 0. The fourth-order valence-electron chi connectivity index (χ4n) is 2.30. The van der Waals surface area contributed by atoms with Gasteiger partial charge in [-0.15, -0.1) is 0 Å². The second-order valence-electron chi connectivity index (χ2n) is 5.94. The van der Waals surface area contributed by atoms with Crippen molar-refractivity contribution in [2.24, 2.45) is 0 Å². The monoisotopic (exact) mass is 334 g/mol. The molecule has 4 nitrogen and oxygen atoms in total. The van der Waals surface area contributed by atoms with Gasteiger partial charge in [0.05, 0.1) is 13.2 Å². The molecule has 0 aliphatic carbocycles. The molecule has 0 aliphatic rings. The fraction of sp³-hybridized carbons (Fsp3) is 0.600. The topological polar surface area (TPSA) is 52.6 Å². The van der Waals surface area contributed by atoms with Crippen LogP contribution in [-0.2, 0) is 25.5 Å². The van der Waals surface area contributed by atoms with Crippen LogP contribution < -0.4 is 0 Å². The Balaban J connectivity index is 1.92. The summed E-state index contributed by atoms with van der Waals surface area (Å²) in [5.74, 6) is -0.277. The van der Waals surface area contributed by atoms with Crippen LogP contribution in [0.1, 0.15) is 63.9 Å². The Labute approximate surface area is 145 Å². The molecule has 1 rings (SSSR count). The van der Waals surface area contributed by atoms with Crippen LogP contribution in [0.3, 0.4) is 0 Å². The standard InChI is InChI=1S/C20H30O4/c1-2-3-16-23-19(21)14-8-5-9-15-20(22)24-17-10-13-18-11-6-4-7-12-18/h4,6-7,11-12H,2-3,5,8-10,13-17H2,1H3. The molecule has 0 saturated carbocycles. The lowest BCUT2D eigenvalue weighted by atomic mass is 10.1. The van der Waals surface area contributed by atoms with Crippen molar-refractivity contribution in [1.82, 2.24) is 0 Å². The second-order valence-corrected chi connectivity index (χ2v) is 5.94. The number of hydrogen-bond donors (Lipinski definition) is 0. The summed E-state index contributed by atoms with van der Waals surface area (Å²) in [5.41, 5.74) is 1.26. The number of carbonyl (C=O) groups excluding carboxylic acids is 2. The maximum atomic E-state index is 11.6. The van der Waals surface area contributed by atoms with Gasteiger partial charge >= 0.3 is 11.9 Å². The van der Waals surface area contributed by atoms with Gasteiger partial charge in [-0.1, -0.05) is 50.1 Å². The van der Waals surface area contributed by atoms with Gasteiger partial charge in [-0.2, -0.15) is 0 Å². The highest BCUT2D eigenvalue weighted by atomic mass is 16.5. The van der Waals surface area contributed by atoms with E-state index >= 15 is 0 Å². The molecule has 0 saturated heterocycles. The minimum atomic E-state index is -0.145. The molecule has 0 heterocycles. The van der Waals surface area contributed by atoms with Crippen molar-refractivity contribution < 1.29 is 19.1 Å². The largest absolute Gasteiger partial charge is 0.466 e. The Morgan fingerprint density at radius 2 is 1.38 bits per heavy atom. The third-order valence-electron chi connectivity index (χ3n) is 3.74. The van der Waals surface area contributed by atoms with Crippen LogP contribution in [0.5, 0.6) is 0 Å². The van der Waals surface area contributed by atoms with Crippen LogP contribution in [0.4, 0.5) is 0 Å². The summed E-state index contributed by atoms with van der Waals surface area (Å²) in [6.45, 7) is 3.05. The maximum absolute atomic E-state index is 11.6. The van der Waals surface area contributed by atoms with E-state index in [2.05, 4.69) is 19.1 Å². The first-order valence-electron chi connectivity index (χ1n) is 9.07. The van der Waals surface area contributed by atoms with Crippen molar-refractivity contribution in [3.8, 4) is 0 Å². The lowest BCUT2D eigenvalue weighted by Crippen LogP contribution is -2.07. The van der Waals surface area contributed by atoms with Gasteiger partial charge in [0, 0.05) is 12.8 Å². The summed E-state index contributed by atoms with van der Waals surface area (Å²) in [7, 11) is 0. The molecule has 0 spiro atoms. The molecule has 0 fully saturated rings. The first kappa shape index (κ1) is 20.2. The van der Waals surface area contributed by atoms with E-state index in [1.165, 1.54) is 5.56 Å². The van der Waals surface area contributed by atoms with Gasteiger partial charge in [0.2, 0.25) is 0 Å². The number of carbonyl (C=O) groups is 2. The predicted molar refractivity (Wildman–Crippen MR) is 94.7 cm³/mol. The van der Waals surface area contributed by atoms with Crippen molar-refractivity contribution in [1.29, 1.82) is 0 Å². The summed E-state index contributed by atoms with van der Waals surface area (Å²) in [6.07, 6.45) is 6.97. The molecule has 0 unspecified atom stereocenters. The van der Waals surface area contributed by atoms with Gasteiger partial charge in [-0.25, -0.2) is 0 Å². The number of hydrogen-bond acceptors (Lipinski definition) is 4. The molecule has 1 aromatic rings. The van der Waals surface area contributed by atoms with E-state index in [0.29, 0.717) is 26.1 Å². The van der Waals surface area contributed by atoms with Crippen molar-refractivity contribution in [2.45, 2.75) is 64.7 Å². The summed E-state index contributed by atoms with van der Waals surface area (Å²) in [6, 6.07) is 10.2. The number of ether oxygens (including phenoxy) is 2. The summed E-state index contributed by atoms with van der Waals surface area (Å²) < 4.78 is 10.3. The van der Waals surface area contributed by atoms with E-state index < -0.39 is 0 Å². The van der Waals surface area contributed by atoms with Gasteiger partial charge in [-0.05, 0) is 37.7 Å². The molecule has 0 bridgehead atoms. The molecular formula is C20H30O4. The number of benzene rings is 1. The van der Waals surface area contributed by atoms with Crippen molar-refractivity contribution in [2.75, 3.05) is 13.2 Å².